The van der Waals surface area contributed by atoms with E-state index in [-0.39, 0.29) is 6.04 Å². The van der Waals surface area contributed by atoms with Crippen molar-refractivity contribution < 1.29 is 27.0 Å². The van der Waals surface area contributed by atoms with Gasteiger partial charge in [-0.25, -0.2) is 4.39 Å². The number of benzene rings is 1. The van der Waals surface area contributed by atoms with Gasteiger partial charge in [-0.2, -0.15) is 0 Å². The Labute approximate surface area is 113 Å². The molecule has 0 aliphatic carbocycles. The number of hydrogen-bond donors (Lipinski definition) is 1. The monoisotopic (exact) mass is 293 g/mol. The molecule has 1 saturated heterocycles. The predicted molar refractivity (Wildman–Crippen MR) is 63.8 cm³/mol. The van der Waals surface area contributed by atoms with Crippen LogP contribution in [-0.4, -0.2) is 25.6 Å². The van der Waals surface area contributed by atoms with Gasteiger partial charge in [0, 0.05) is 25.8 Å². The van der Waals surface area contributed by atoms with E-state index >= 15 is 0 Å². The first-order valence-corrected chi connectivity index (χ1v) is 6.29. The van der Waals surface area contributed by atoms with Crippen molar-refractivity contribution in [3.8, 4) is 5.75 Å². The molecule has 0 saturated carbocycles. The summed E-state index contributed by atoms with van der Waals surface area (Å²) in [6, 6.07) is 3.74. The highest BCUT2D eigenvalue weighted by Gasteiger charge is 2.32. The number of rotatable bonds is 4. The minimum absolute atomic E-state index is 0.265. The van der Waals surface area contributed by atoms with Gasteiger partial charge in [-0.1, -0.05) is 6.07 Å². The number of halogens is 4. The average molecular weight is 293 g/mol. The molecule has 112 valence electrons. The molecule has 1 aromatic rings. The molecule has 2 rings (SSSR count). The zero-order valence-electron chi connectivity index (χ0n) is 10.7. The molecule has 0 bridgehead atoms. The van der Waals surface area contributed by atoms with Crippen molar-refractivity contribution in [1.82, 2.24) is 5.32 Å². The molecule has 3 nitrogen and oxygen atoms in total. The summed E-state index contributed by atoms with van der Waals surface area (Å²) in [7, 11) is 0. The molecule has 0 amide bonds. The minimum Gasteiger partial charge on any atom is -0.403 e. The molecule has 1 aliphatic heterocycles. The molecular formula is C13H15F4NO2. The van der Waals surface area contributed by atoms with Gasteiger partial charge in [-0.15, -0.1) is 13.2 Å². The van der Waals surface area contributed by atoms with Crippen LogP contribution in [-0.2, 0) is 11.3 Å². The zero-order valence-corrected chi connectivity index (χ0v) is 10.7. The van der Waals surface area contributed by atoms with E-state index in [4.69, 9.17) is 4.74 Å². The number of alkyl halides is 3. The molecule has 1 heterocycles. The first-order valence-electron chi connectivity index (χ1n) is 6.29. The van der Waals surface area contributed by atoms with Crippen molar-refractivity contribution in [2.45, 2.75) is 31.8 Å². The van der Waals surface area contributed by atoms with Crippen LogP contribution in [0.4, 0.5) is 17.6 Å². The fourth-order valence-electron chi connectivity index (χ4n) is 2.02. The summed E-state index contributed by atoms with van der Waals surface area (Å²) >= 11 is 0. The molecule has 0 radical (unpaired) electrons. The summed E-state index contributed by atoms with van der Waals surface area (Å²) in [6.45, 7) is 1.70. The summed E-state index contributed by atoms with van der Waals surface area (Å²) in [4.78, 5) is 0. The van der Waals surface area contributed by atoms with Crippen LogP contribution in [0.5, 0.6) is 5.75 Å². The molecule has 7 heteroatoms. The van der Waals surface area contributed by atoms with E-state index < -0.39 is 17.9 Å². The number of hydrogen-bond acceptors (Lipinski definition) is 3. The molecule has 0 spiro atoms. The molecule has 1 aromatic carbocycles. The van der Waals surface area contributed by atoms with Gasteiger partial charge in [0.15, 0.2) is 11.6 Å². The third-order valence-corrected chi connectivity index (χ3v) is 3.04. The quantitative estimate of drug-likeness (QED) is 0.866. The lowest BCUT2D eigenvalue weighted by molar-refractivity contribution is -0.275. The van der Waals surface area contributed by atoms with E-state index in [2.05, 4.69) is 10.1 Å². The summed E-state index contributed by atoms with van der Waals surface area (Å²) in [5.41, 5.74) is 0.539. The molecule has 1 fully saturated rings. The second kappa shape index (κ2) is 6.41. The van der Waals surface area contributed by atoms with Gasteiger partial charge < -0.3 is 14.8 Å². The van der Waals surface area contributed by atoms with E-state index in [0.717, 1.165) is 25.0 Å². The smallest absolute Gasteiger partial charge is 0.403 e. The Hall–Kier alpha value is -1.34. The standard InChI is InChI=1S/C13H15F4NO2/c14-11-2-1-9(7-12(11)20-13(15,16)17)8-18-10-3-5-19-6-4-10/h1-2,7,10,18H,3-6,8H2. The molecule has 1 aliphatic rings. The van der Waals surface area contributed by atoms with E-state index in [1.807, 2.05) is 0 Å². The van der Waals surface area contributed by atoms with E-state index in [0.29, 0.717) is 25.3 Å². The normalized spacial score (nSPS) is 17.2. The summed E-state index contributed by atoms with van der Waals surface area (Å²) in [6.07, 6.45) is -3.19. The molecule has 0 aromatic heterocycles. The molecule has 0 unspecified atom stereocenters. The summed E-state index contributed by atoms with van der Waals surface area (Å²) in [5, 5.41) is 3.21. The van der Waals surface area contributed by atoms with Crippen molar-refractivity contribution in [2.75, 3.05) is 13.2 Å². The van der Waals surface area contributed by atoms with Crippen molar-refractivity contribution in [3.05, 3.63) is 29.6 Å². The fourth-order valence-corrected chi connectivity index (χ4v) is 2.02. The molecule has 1 N–H and O–H groups in total. The second-order valence-corrected chi connectivity index (χ2v) is 4.58. The van der Waals surface area contributed by atoms with Crippen molar-refractivity contribution >= 4 is 0 Å². The fraction of sp³-hybridized carbons (Fsp3) is 0.538. The van der Waals surface area contributed by atoms with Gasteiger partial charge in [-0.3, -0.25) is 0 Å². The largest absolute Gasteiger partial charge is 0.573 e. The first-order chi connectivity index (χ1) is 9.44. The van der Waals surface area contributed by atoms with Crippen molar-refractivity contribution in [2.24, 2.45) is 0 Å². The number of nitrogens with one attached hydrogen (secondary N) is 1. The third-order valence-electron chi connectivity index (χ3n) is 3.04. The lowest BCUT2D eigenvalue weighted by Gasteiger charge is -2.23. The van der Waals surface area contributed by atoms with E-state index in [1.165, 1.54) is 6.07 Å². The maximum absolute atomic E-state index is 13.2. The highest BCUT2D eigenvalue weighted by molar-refractivity contribution is 5.30. The Morgan fingerprint density at radius 1 is 1.25 bits per heavy atom. The maximum Gasteiger partial charge on any atom is 0.573 e. The van der Waals surface area contributed by atoms with Gasteiger partial charge >= 0.3 is 6.36 Å². The molecular weight excluding hydrogens is 278 g/mol. The van der Waals surface area contributed by atoms with Gasteiger partial charge in [0.05, 0.1) is 0 Å². The maximum atomic E-state index is 13.2. The molecule has 0 atom stereocenters. The Bertz CT molecular complexity index is 444. The Morgan fingerprint density at radius 3 is 2.60 bits per heavy atom. The molecule has 20 heavy (non-hydrogen) atoms. The lowest BCUT2D eigenvalue weighted by Crippen LogP contribution is -2.34. The topological polar surface area (TPSA) is 30.5 Å². The van der Waals surface area contributed by atoms with Crippen LogP contribution in [0.25, 0.3) is 0 Å². The Morgan fingerprint density at radius 2 is 1.95 bits per heavy atom. The lowest BCUT2D eigenvalue weighted by atomic mass is 10.1. The predicted octanol–water partition coefficient (Wildman–Crippen LogP) is 2.99. The minimum atomic E-state index is -4.90. The van der Waals surface area contributed by atoms with Crippen LogP contribution in [0.2, 0.25) is 0 Å². The van der Waals surface area contributed by atoms with Crippen molar-refractivity contribution in [3.63, 3.8) is 0 Å². The van der Waals surface area contributed by atoms with Crippen molar-refractivity contribution in [1.29, 1.82) is 0 Å². The Balaban J connectivity index is 1.96. The second-order valence-electron chi connectivity index (χ2n) is 4.58. The van der Waals surface area contributed by atoms with Crippen LogP contribution < -0.4 is 10.1 Å². The van der Waals surface area contributed by atoms with Gasteiger partial charge in [0.2, 0.25) is 0 Å². The van der Waals surface area contributed by atoms with E-state index in [1.54, 1.807) is 0 Å². The first kappa shape index (κ1) is 15.1. The zero-order chi connectivity index (χ0) is 14.6. The van der Waals surface area contributed by atoms with Crippen LogP contribution in [0.1, 0.15) is 18.4 Å². The van der Waals surface area contributed by atoms with E-state index in [9.17, 15) is 17.6 Å². The van der Waals surface area contributed by atoms with Gasteiger partial charge in [0.25, 0.3) is 0 Å². The highest BCUT2D eigenvalue weighted by atomic mass is 19.4. The average Bonchev–Trinajstić information content (AvgIpc) is 2.39. The van der Waals surface area contributed by atoms with Crippen LogP contribution in [0.3, 0.4) is 0 Å². The Kier molecular flexibility index (Phi) is 4.82. The summed E-state index contributed by atoms with van der Waals surface area (Å²) < 4.78 is 58.4. The summed E-state index contributed by atoms with van der Waals surface area (Å²) in [5.74, 6) is -1.83. The van der Waals surface area contributed by atoms with Gasteiger partial charge in [-0.05, 0) is 30.5 Å². The highest BCUT2D eigenvalue weighted by Crippen LogP contribution is 2.26. The van der Waals surface area contributed by atoms with Crippen LogP contribution in [0, 0.1) is 5.82 Å². The SMILES string of the molecule is Fc1ccc(CNC2CCOCC2)cc1OC(F)(F)F. The number of ether oxygens (including phenoxy) is 2. The third kappa shape index (κ3) is 4.64. The van der Waals surface area contributed by atoms with Crippen LogP contribution in [0.15, 0.2) is 18.2 Å². The van der Waals surface area contributed by atoms with Crippen LogP contribution >= 0.6 is 0 Å². The van der Waals surface area contributed by atoms with Gasteiger partial charge in [0.1, 0.15) is 0 Å².